The van der Waals surface area contributed by atoms with Crippen molar-refractivity contribution in [2.45, 2.75) is 0 Å². The molecule has 0 heterocycles. The Morgan fingerprint density at radius 3 is 1.71 bits per heavy atom. The van der Waals surface area contributed by atoms with Crippen molar-refractivity contribution >= 4 is 19.4 Å². The van der Waals surface area contributed by atoms with Crippen LogP contribution in [0.2, 0.25) is 0 Å². The zero-order valence-electron chi connectivity index (χ0n) is 3.95. The minimum atomic E-state index is -0.931. The van der Waals surface area contributed by atoms with Crippen LogP contribution in [0.4, 0.5) is 0 Å². The maximum atomic E-state index is 6.33. The van der Waals surface area contributed by atoms with Crippen LogP contribution in [0.1, 0.15) is 0 Å². The fourth-order valence-corrected chi connectivity index (χ4v) is 0. The minimum absolute atomic E-state index is 0.347. The Labute approximate surface area is 59.2 Å². The number of halogens is 2. The van der Waals surface area contributed by atoms with E-state index in [1.54, 1.807) is 0 Å². The second-order valence-electron chi connectivity index (χ2n) is 0.640. The van der Waals surface area contributed by atoms with Gasteiger partial charge >= 0.3 is 34.5 Å². The summed E-state index contributed by atoms with van der Waals surface area (Å²) in [4.78, 5) is 0. The van der Waals surface area contributed by atoms with Gasteiger partial charge < -0.3 is 11.5 Å². The van der Waals surface area contributed by atoms with Gasteiger partial charge in [-0.15, -0.1) is 6.54 Å². The topological polar surface area (TPSA) is 49.8 Å². The minimum Gasteiger partial charge on any atom is -0.676 e. The van der Waals surface area contributed by atoms with E-state index in [1.807, 2.05) is 0 Å². The van der Waals surface area contributed by atoms with Gasteiger partial charge in [0.1, 0.15) is 0 Å². The first kappa shape index (κ1) is 11.0. The molecule has 3 N–H and O–H groups in total. The third kappa shape index (κ3) is 41.5. The number of nitrogens with two attached hydrogens (primary N) is 1. The number of nitrogens with one attached hydrogen (secondary N) is 1. The zero-order valence-corrected chi connectivity index (χ0v) is 8.43. The maximum absolute atomic E-state index is 6.33. The molecular formula is C2H7Cl2N2Zn-. The molecule has 0 atom stereocenters. The normalized spacial score (nSPS) is 5.71. The first-order valence-corrected chi connectivity index (χ1v) is 9.59. The summed E-state index contributed by atoms with van der Waals surface area (Å²) in [6.07, 6.45) is 0. The van der Waals surface area contributed by atoms with Gasteiger partial charge in [-0.3, -0.25) is 0 Å². The number of hydrogen-bond acceptors (Lipinski definition) is 1. The summed E-state index contributed by atoms with van der Waals surface area (Å²) < 4.78 is 0. The van der Waals surface area contributed by atoms with Crippen LogP contribution in [0.5, 0.6) is 0 Å². The quantitative estimate of drug-likeness (QED) is 0.631. The molecule has 0 aromatic heterocycles. The van der Waals surface area contributed by atoms with Gasteiger partial charge in [-0.05, 0) is 6.54 Å². The van der Waals surface area contributed by atoms with Crippen LogP contribution in [-0.2, 0) is 15.1 Å². The van der Waals surface area contributed by atoms with Crippen LogP contribution >= 0.6 is 19.4 Å². The van der Waals surface area contributed by atoms with E-state index in [1.165, 1.54) is 0 Å². The van der Waals surface area contributed by atoms with Gasteiger partial charge in [-0.25, -0.2) is 0 Å². The van der Waals surface area contributed by atoms with E-state index >= 15 is 0 Å². The third-order valence-corrected chi connectivity index (χ3v) is 0.144. The Kier molecular flexibility index (Phi) is 24.7. The van der Waals surface area contributed by atoms with Crippen molar-refractivity contribution in [3.63, 3.8) is 0 Å². The summed E-state index contributed by atoms with van der Waals surface area (Å²) in [5, 5.41) is 0. The molecule has 0 unspecified atom stereocenters. The first-order valence-electron chi connectivity index (χ1n) is 1.80. The van der Waals surface area contributed by atoms with E-state index in [0.29, 0.717) is 13.1 Å². The standard InChI is InChI=1S/C2H7N2.2ClH.Zn/c3-1-2-4;;;/h3H,1-2,4H2;2*1H;/q-1;;;+2/p-2. The van der Waals surface area contributed by atoms with Crippen molar-refractivity contribution < 1.29 is 15.1 Å². The van der Waals surface area contributed by atoms with E-state index < -0.39 is 15.1 Å². The second kappa shape index (κ2) is 15.7. The molecule has 7 heavy (non-hydrogen) atoms. The van der Waals surface area contributed by atoms with Crippen LogP contribution in [0, 0.1) is 0 Å². The molecule has 2 nitrogen and oxygen atoms in total. The summed E-state index contributed by atoms with van der Waals surface area (Å²) >= 11 is -0.931. The van der Waals surface area contributed by atoms with Crippen molar-refractivity contribution in [2.24, 2.45) is 5.73 Å². The van der Waals surface area contributed by atoms with Crippen molar-refractivity contribution in [3.05, 3.63) is 5.73 Å². The summed E-state index contributed by atoms with van der Waals surface area (Å²) in [5.41, 5.74) is 11.2. The van der Waals surface area contributed by atoms with Crippen molar-refractivity contribution in [1.29, 1.82) is 0 Å². The Morgan fingerprint density at radius 1 is 1.57 bits per heavy atom. The molecule has 0 aromatic carbocycles. The molecular weight excluding hydrogens is 188 g/mol. The van der Waals surface area contributed by atoms with E-state index in [4.69, 9.17) is 30.8 Å². The number of hydrogen-bond donors (Lipinski definition) is 1. The van der Waals surface area contributed by atoms with E-state index in [-0.39, 0.29) is 0 Å². The molecule has 0 bridgehead atoms. The molecule has 0 amide bonds. The van der Waals surface area contributed by atoms with E-state index in [2.05, 4.69) is 0 Å². The molecule has 0 rings (SSSR count). The Morgan fingerprint density at radius 2 is 1.71 bits per heavy atom. The SMILES string of the molecule is [Cl][Zn][Cl].[NH-]CCN. The molecule has 0 aliphatic heterocycles. The Balaban J connectivity index is 0. The summed E-state index contributed by atoms with van der Waals surface area (Å²) in [5.74, 6) is 0. The van der Waals surface area contributed by atoms with Gasteiger partial charge in [0.2, 0.25) is 0 Å². The van der Waals surface area contributed by atoms with Gasteiger partial charge in [-0.2, -0.15) is 0 Å². The van der Waals surface area contributed by atoms with Gasteiger partial charge in [0.05, 0.1) is 0 Å². The first-order chi connectivity index (χ1) is 3.33. The monoisotopic (exact) mass is 193 g/mol. The molecule has 0 spiro atoms. The molecule has 5 heteroatoms. The maximum Gasteiger partial charge on any atom is -0.0268 e. The molecule has 0 radical (unpaired) electrons. The molecule has 0 saturated carbocycles. The Bertz CT molecular complexity index is 21.2. The summed E-state index contributed by atoms with van der Waals surface area (Å²) in [6.45, 7) is 0.833. The molecule has 0 aliphatic rings. The smallest absolute Gasteiger partial charge is 0.0268 e. The van der Waals surface area contributed by atoms with Crippen LogP contribution in [0.25, 0.3) is 5.73 Å². The Hall–Kier alpha value is 1.12. The van der Waals surface area contributed by atoms with Crippen molar-refractivity contribution in [1.82, 2.24) is 0 Å². The molecule has 0 aromatic rings. The molecule has 0 saturated heterocycles. The molecule has 0 aliphatic carbocycles. The summed E-state index contributed by atoms with van der Waals surface area (Å²) in [6, 6.07) is 0. The van der Waals surface area contributed by atoms with Gasteiger partial charge in [-0.1, -0.05) is 0 Å². The fourth-order valence-electron chi connectivity index (χ4n) is 0. The van der Waals surface area contributed by atoms with Crippen molar-refractivity contribution in [3.8, 4) is 0 Å². The number of rotatable bonds is 1. The van der Waals surface area contributed by atoms with E-state index in [0.717, 1.165) is 0 Å². The third-order valence-electron chi connectivity index (χ3n) is 0.144. The van der Waals surface area contributed by atoms with Crippen LogP contribution in [-0.4, -0.2) is 13.1 Å². The van der Waals surface area contributed by atoms with Crippen LogP contribution in [0.15, 0.2) is 0 Å². The largest absolute Gasteiger partial charge is 0.676 e. The fraction of sp³-hybridized carbons (Fsp3) is 1.00. The summed E-state index contributed by atoms with van der Waals surface area (Å²) in [7, 11) is 9.90. The van der Waals surface area contributed by atoms with Crippen molar-refractivity contribution in [2.75, 3.05) is 13.1 Å². The predicted octanol–water partition coefficient (Wildman–Crippen LogP) is 1.37. The predicted molar refractivity (Wildman–Crippen MR) is 29.9 cm³/mol. The van der Waals surface area contributed by atoms with Crippen LogP contribution < -0.4 is 5.73 Å². The van der Waals surface area contributed by atoms with E-state index in [9.17, 15) is 0 Å². The zero-order chi connectivity index (χ0) is 6.12. The van der Waals surface area contributed by atoms with Gasteiger partial charge in [0.25, 0.3) is 0 Å². The molecule has 42 valence electrons. The average Bonchev–Trinajstić information content (AvgIpc) is 1.69. The van der Waals surface area contributed by atoms with Gasteiger partial charge in [0.15, 0.2) is 0 Å². The average molecular weight is 195 g/mol. The van der Waals surface area contributed by atoms with Gasteiger partial charge in [0, 0.05) is 0 Å². The van der Waals surface area contributed by atoms with Crippen LogP contribution in [0.3, 0.4) is 0 Å². The second-order valence-corrected chi connectivity index (χ2v) is 5.26. The molecule has 0 fully saturated rings.